The van der Waals surface area contributed by atoms with Crippen molar-refractivity contribution in [1.82, 2.24) is 10.2 Å². The molecule has 2 unspecified atom stereocenters. The molecule has 3 N–H and O–H groups in total. The normalized spacial score (nSPS) is 12.9. The van der Waals surface area contributed by atoms with Gasteiger partial charge in [0.2, 0.25) is 5.91 Å². The molecule has 0 fully saturated rings. The van der Waals surface area contributed by atoms with Crippen LogP contribution in [0.5, 0.6) is 5.75 Å². The zero-order chi connectivity index (χ0) is 26.9. The maximum absolute atomic E-state index is 13.8. The van der Waals surface area contributed by atoms with Gasteiger partial charge in [0, 0.05) is 12.2 Å². The van der Waals surface area contributed by atoms with E-state index in [-0.39, 0.29) is 19.1 Å². The van der Waals surface area contributed by atoms with Crippen LogP contribution < -0.4 is 15.4 Å². The van der Waals surface area contributed by atoms with E-state index in [0.29, 0.717) is 17.0 Å². The Morgan fingerprint density at radius 2 is 1.61 bits per heavy atom. The van der Waals surface area contributed by atoms with Crippen LogP contribution in [0, 0.1) is 5.92 Å². The summed E-state index contributed by atoms with van der Waals surface area (Å²) in [6, 6.07) is 13.6. The largest absolute Gasteiger partial charge is 0.497 e. The highest BCUT2D eigenvalue weighted by atomic mass is 16.6. The quantitative estimate of drug-likeness (QED) is 0.458. The molecular weight excluding hydrogens is 462 g/mol. The van der Waals surface area contributed by atoms with Crippen LogP contribution in [0.3, 0.4) is 0 Å². The Morgan fingerprint density at radius 3 is 2.11 bits per heavy atom. The molecule has 9 nitrogen and oxygen atoms in total. The fourth-order valence-electron chi connectivity index (χ4n) is 3.59. The van der Waals surface area contributed by atoms with E-state index in [0.717, 1.165) is 0 Å². The van der Waals surface area contributed by atoms with Gasteiger partial charge < -0.3 is 30.1 Å². The van der Waals surface area contributed by atoms with E-state index < -0.39 is 35.6 Å². The van der Waals surface area contributed by atoms with Crippen LogP contribution in [0.25, 0.3) is 0 Å². The molecule has 2 rings (SSSR count). The lowest BCUT2D eigenvalue weighted by molar-refractivity contribution is -0.142. The monoisotopic (exact) mass is 499 g/mol. The standard InChI is InChI=1S/C27H37N3O6/c1-18(2)22(29-26(34)36-27(3,4)5)25(33)30(16-17-31)23(19-10-8-7-9-11-19)24(32)28-20-12-14-21(35-6)15-13-20/h7-15,18,22-23,31H,16-17H2,1-6H3,(H,28,32)(H,29,34). The van der Waals surface area contributed by atoms with Crippen LogP contribution >= 0.6 is 0 Å². The molecule has 3 amide bonds. The van der Waals surface area contributed by atoms with E-state index in [4.69, 9.17) is 9.47 Å². The number of nitrogens with zero attached hydrogens (tertiary/aromatic N) is 1. The van der Waals surface area contributed by atoms with Crippen molar-refractivity contribution >= 4 is 23.6 Å². The van der Waals surface area contributed by atoms with Gasteiger partial charge in [0.25, 0.3) is 5.91 Å². The van der Waals surface area contributed by atoms with Gasteiger partial charge in [-0.3, -0.25) is 9.59 Å². The third-order valence-corrected chi connectivity index (χ3v) is 5.26. The zero-order valence-electron chi connectivity index (χ0n) is 21.8. The average molecular weight is 500 g/mol. The molecule has 0 bridgehead atoms. The van der Waals surface area contributed by atoms with Crippen molar-refractivity contribution in [3.05, 3.63) is 60.2 Å². The summed E-state index contributed by atoms with van der Waals surface area (Å²) in [5, 5.41) is 15.3. The summed E-state index contributed by atoms with van der Waals surface area (Å²) in [6.45, 7) is 8.26. The molecule has 2 atom stereocenters. The molecule has 2 aromatic rings. The Balaban J connectivity index is 2.41. The molecule has 9 heteroatoms. The Labute approximate surface area is 212 Å². The lowest BCUT2D eigenvalue weighted by Gasteiger charge is -2.35. The Hall–Kier alpha value is -3.59. The summed E-state index contributed by atoms with van der Waals surface area (Å²) >= 11 is 0. The van der Waals surface area contributed by atoms with Crippen molar-refractivity contribution in [3.63, 3.8) is 0 Å². The third-order valence-electron chi connectivity index (χ3n) is 5.26. The summed E-state index contributed by atoms with van der Waals surface area (Å²) in [4.78, 5) is 41.1. The van der Waals surface area contributed by atoms with Gasteiger partial charge >= 0.3 is 6.09 Å². The summed E-state index contributed by atoms with van der Waals surface area (Å²) < 4.78 is 10.5. The minimum atomic E-state index is -1.06. The van der Waals surface area contributed by atoms with E-state index >= 15 is 0 Å². The Morgan fingerprint density at radius 1 is 1.00 bits per heavy atom. The van der Waals surface area contributed by atoms with Gasteiger partial charge in [-0.1, -0.05) is 44.2 Å². The second-order valence-electron chi connectivity index (χ2n) is 9.65. The van der Waals surface area contributed by atoms with Gasteiger partial charge in [-0.25, -0.2) is 4.79 Å². The summed E-state index contributed by atoms with van der Waals surface area (Å²) in [5.41, 5.74) is 0.333. The number of amides is 3. The highest BCUT2D eigenvalue weighted by molar-refractivity contribution is 5.99. The molecule has 36 heavy (non-hydrogen) atoms. The fourth-order valence-corrected chi connectivity index (χ4v) is 3.59. The number of nitrogens with one attached hydrogen (secondary N) is 2. The van der Waals surface area contributed by atoms with E-state index in [1.807, 2.05) is 0 Å². The predicted octanol–water partition coefficient (Wildman–Crippen LogP) is 3.75. The lowest BCUT2D eigenvalue weighted by Crippen LogP contribution is -2.55. The second kappa shape index (κ2) is 12.9. The zero-order valence-corrected chi connectivity index (χ0v) is 21.8. The fraction of sp³-hybridized carbons (Fsp3) is 0.444. The number of rotatable bonds is 10. The van der Waals surface area contributed by atoms with Gasteiger partial charge in [0.1, 0.15) is 23.4 Å². The number of carbonyl (C=O) groups excluding carboxylic acids is 3. The number of aliphatic hydroxyl groups is 1. The number of alkyl carbamates (subject to hydrolysis) is 1. The molecule has 0 radical (unpaired) electrons. The van der Waals surface area contributed by atoms with E-state index in [1.54, 1.807) is 96.3 Å². The number of aliphatic hydroxyl groups excluding tert-OH is 1. The van der Waals surface area contributed by atoms with Crippen molar-refractivity contribution in [2.24, 2.45) is 5.92 Å². The van der Waals surface area contributed by atoms with Crippen molar-refractivity contribution < 1.29 is 29.0 Å². The maximum atomic E-state index is 13.8. The number of hydrogen-bond acceptors (Lipinski definition) is 6. The molecule has 2 aromatic carbocycles. The summed E-state index contributed by atoms with van der Waals surface area (Å²) in [6.07, 6.45) is -0.738. The van der Waals surface area contributed by atoms with Crippen molar-refractivity contribution in [2.75, 3.05) is 25.6 Å². The number of carbonyl (C=O) groups is 3. The van der Waals surface area contributed by atoms with Crippen LogP contribution in [-0.4, -0.2) is 59.8 Å². The second-order valence-corrected chi connectivity index (χ2v) is 9.65. The molecule has 196 valence electrons. The molecule has 0 saturated heterocycles. The van der Waals surface area contributed by atoms with Crippen LogP contribution in [0.1, 0.15) is 46.2 Å². The molecular formula is C27H37N3O6. The number of hydrogen-bond donors (Lipinski definition) is 3. The Kier molecular flexibility index (Phi) is 10.3. The van der Waals surface area contributed by atoms with Gasteiger partial charge in [-0.15, -0.1) is 0 Å². The number of benzene rings is 2. The van der Waals surface area contributed by atoms with Gasteiger partial charge in [0.05, 0.1) is 13.7 Å². The smallest absolute Gasteiger partial charge is 0.408 e. The van der Waals surface area contributed by atoms with Crippen molar-refractivity contribution in [1.29, 1.82) is 0 Å². The van der Waals surface area contributed by atoms with Crippen molar-refractivity contribution in [2.45, 2.75) is 52.3 Å². The van der Waals surface area contributed by atoms with E-state index in [2.05, 4.69) is 10.6 Å². The number of methoxy groups -OCH3 is 1. The van der Waals surface area contributed by atoms with E-state index in [1.165, 1.54) is 4.90 Å². The van der Waals surface area contributed by atoms with Crippen LogP contribution in [-0.2, 0) is 14.3 Å². The molecule has 0 aliphatic heterocycles. The maximum Gasteiger partial charge on any atom is 0.408 e. The molecule has 0 heterocycles. The van der Waals surface area contributed by atoms with Crippen molar-refractivity contribution in [3.8, 4) is 5.75 Å². The summed E-state index contributed by atoms with van der Waals surface area (Å²) in [7, 11) is 1.55. The average Bonchev–Trinajstić information content (AvgIpc) is 2.81. The van der Waals surface area contributed by atoms with E-state index in [9.17, 15) is 19.5 Å². The summed E-state index contributed by atoms with van der Waals surface area (Å²) in [5.74, 6) is -0.651. The molecule has 0 aromatic heterocycles. The third kappa shape index (κ3) is 8.27. The van der Waals surface area contributed by atoms with Crippen LogP contribution in [0.15, 0.2) is 54.6 Å². The van der Waals surface area contributed by atoms with Gasteiger partial charge in [-0.2, -0.15) is 0 Å². The first-order valence-electron chi connectivity index (χ1n) is 11.9. The van der Waals surface area contributed by atoms with Crippen LogP contribution in [0.4, 0.5) is 10.5 Å². The SMILES string of the molecule is COc1ccc(NC(=O)C(c2ccccc2)N(CCO)C(=O)C(NC(=O)OC(C)(C)C)C(C)C)cc1. The van der Waals surface area contributed by atoms with Crippen LogP contribution in [0.2, 0.25) is 0 Å². The molecule has 0 saturated carbocycles. The lowest BCUT2D eigenvalue weighted by atomic mass is 9.99. The Bertz CT molecular complexity index is 1000. The molecule has 0 aliphatic rings. The van der Waals surface area contributed by atoms with Gasteiger partial charge in [-0.05, 0) is 56.5 Å². The molecule has 0 aliphatic carbocycles. The minimum Gasteiger partial charge on any atom is -0.497 e. The molecule has 0 spiro atoms. The highest BCUT2D eigenvalue weighted by Crippen LogP contribution is 2.26. The van der Waals surface area contributed by atoms with Gasteiger partial charge in [0.15, 0.2) is 0 Å². The first kappa shape index (κ1) is 28.6. The first-order chi connectivity index (χ1) is 17.0. The minimum absolute atomic E-state index is 0.117. The highest BCUT2D eigenvalue weighted by Gasteiger charge is 2.37. The predicted molar refractivity (Wildman–Crippen MR) is 138 cm³/mol. The topological polar surface area (TPSA) is 117 Å². The number of ether oxygens (including phenoxy) is 2. The first-order valence-corrected chi connectivity index (χ1v) is 11.9. The number of anilines is 1.